The van der Waals surface area contributed by atoms with Crippen LogP contribution in [0.25, 0.3) is 10.9 Å². The lowest BCUT2D eigenvalue weighted by Crippen LogP contribution is -2.48. The maximum absolute atomic E-state index is 13.5. The van der Waals surface area contributed by atoms with Crippen molar-refractivity contribution in [1.29, 1.82) is 0 Å². The van der Waals surface area contributed by atoms with Gasteiger partial charge in [-0.15, -0.1) is 0 Å². The molecular weight excluding hydrogens is 412 g/mol. The SMILES string of the molecule is O=C(c1cnc2ccc(Cl)cc2c1N1CCN(c2ncccn2)CC1)N1CCCCC1. The van der Waals surface area contributed by atoms with Crippen LogP contribution >= 0.6 is 11.6 Å². The molecular formula is C23H25ClN6O. The fourth-order valence-electron chi connectivity index (χ4n) is 4.50. The molecule has 2 aliphatic heterocycles. The molecule has 2 fully saturated rings. The van der Waals surface area contributed by atoms with Gasteiger partial charge >= 0.3 is 0 Å². The van der Waals surface area contributed by atoms with Crippen LogP contribution in [0.2, 0.25) is 5.02 Å². The van der Waals surface area contributed by atoms with Crippen molar-refractivity contribution in [3.63, 3.8) is 0 Å². The number of hydrogen-bond acceptors (Lipinski definition) is 6. The summed E-state index contributed by atoms with van der Waals surface area (Å²) < 4.78 is 0. The molecule has 0 saturated carbocycles. The maximum atomic E-state index is 13.5. The van der Waals surface area contributed by atoms with Crippen LogP contribution in [0.5, 0.6) is 0 Å². The zero-order valence-electron chi connectivity index (χ0n) is 17.4. The van der Waals surface area contributed by atoms with Gasteiger partial charge in [0.15, 0.2) is 0 Å². The third-order valence-electron chi connectivity index (χ3n) is 6.11. The van der Waals surface area contributed by atoms with Gasteiger partial charge < -0.3 is 14.7 Å². The molecule has 160 valence electrons. The van der Waals surface area contributed by atoms with Crippen molar-refractivity contribution in [2.75, 3.05) is 49.1 Å². The highest BCUT2D eigenvalue weighted by Gasteiger charge is 2.28. The molecule has 1 amide bonds. The summed E-state index contributed by atoms with van der Waals surface area (Å²) in [4.78, 5) is 33.3. The van der Waals surface area contributed by atoms with Crippen molar-refractivity contribution >= 4 is 40.0 Å². The van der Waals surface area contributed by atoms with Gasteiger partial charge in [0, 0.05) is 68.3 Å². The Labute approximate surface area is 186 Å². The summed E-state index contributed by atoms with van der Waals surface area (Å²) >= 11 is 6.35. The highest BCUT2D eigenvalue weighted by molar-refractivity contribution is 6.31. The molecule has 2 aliphatic rings. The van der Waals surface area contributed by atoms with E-state index in [1.807, 2.05) is 29.2 Å². The third-order valence-corrected chi connectivity index (χ3v) is 6.34. The Morgan fingerprint density at radius 2 is 1.58 bits per heavy atom. The first-order valence-corrected chi connectivity index (χ1v) is 11.2. The van der Waals surface area contributed by atoms with Crippen LogP contribution in [0.4, 0.5) is 11.6 Å². The summed E-state index contributed by atoms with van der Waals surface area (Å²) in [5.41, 5.74) is 2.46. The predicted molar refractivity (Wildman–Crippen MR) is 123 cm³/mol. The lowest BCUT2D eigenvalue weighted by molar-refractivity contribution is 0.0724. The quantitative estimate of drug-likeness (QED) is 0.624. The third kappa shape index (κ3) is 4.02. The second-order valence-corrected chi connectivity index (χ2v) is 8.49. The van der Waals surface area contributed by atoms with E-state index in [9.17, 15) is 4.79 Å². The van der Waals surface area contributed by atoms with Gasteiger partial charge in [0.05, 0.1) is 16.8 Å². The van der Waals surface area contributed by atoms with Crippen LogP contribution in [-0.4, -0.2) is 65.0 Å². The molecule has 0 spiro atoms. The number of carbonyl (C=O) groups excluding carboxylic acids is 1. The minimum absolute atomic E-state index is 0.0675. The molecule has 0 bridgehead atoms. The summed E-state index contributed by atoms with van der Waals surface area (Å²) in [5, 5.41) is 1.58. The molecule has 0 unspecified atom stereocenters. The highest BCUT2D eigenvalue weighted by Crippen LogP contribution is 2.33. The number of benzene rings is 1. The van der Waals surface area contributed by atoms with E-state index in [0.717, 1.165) is 74.6 Å². The van der Waals surface area contributed by atoms with E-state index >= 15 is 0 Å². The number of likely N-dealkylation sites (tertiary alicyclic amines) is 1. The Morgan fingerprint density at radius 3 is 2.32 bits per heavy atom. The number of anilines is 2. The van der Waals surface area contributed by atoms with Crippen molar-refractivity contribution < 1.29 is 4.79 Å². The lowest BCUT2D eigenvalue weighted by Gasteiger charge is -2.38. The lowest BCUT2D eigenvalue weighted by atomic mass is 10.0. The molecule has 3 aromatic rings. The number of pyridine rings is 1. The van der Waals surface area contributed by atoms with Gasteiger partial charge in [-0.05, 0) is 43.5 Å². The smallest absolute Gasteiger partial charge is 0.257 e. The van der Waals surface area contributed by atoms with Gasteiger partial charge in [-0.3, -0.25) is 9.78 Å². The highest BCUT2D eigenvalue weighted by atomic mass is 35.5. The first-order chi connectivity index (χ1) is 15.2. The number of halogens is 1. The van der Waals surface area contributed by atoms with Crippen LogP contribution in [0.3, 0.4) is 0 Å². The predicted octanol–water partition coefficient (Wildman–Crippen LogP) is 3.63. The van der Waals surface area contributed by atoms with E-state index in [2.05, 4.69) is 24.8 Å². The number of amides is 1. The van der Waals surface area contributed by atoms with Crippen LogP contribution in [0, 0.1) is 0 Å². The van der Waals surface area contributed by atoms with E-state index in [1.165, 1.54) is 6.42 Å². The molecule has 1 aromatic carbocycles. The molecule has 0 N–H and O–H groups in total. The number of aromatic nitrogens is 3. The molecule has 8 heteroatoms. The Balaban J connectivity index is 1.50. The Morgan fingerprint density at radius 1 is 0.871 bits per heavy atom. The Bertz CT molecular complexity index is 1080. The molecule has 2 aromatic heterocycles. The van der Waals surface area contributed by atoms with Crippen LogP contribution in [0.1, 0.15) is 29.6 Å². The zero-order chi connectivity index (χ0) is 21.2. The molecule has 0 radical (unpaired) electrons. The first-order valence-electron chi connectivity index (χ1n) is 10.9. The molecule has 5 rings (SSSR count). The van der Waals surface area contributed by atoms with Crippen LogP contribution in [0.15, 0.2) is 42.9 Å². The van der Waals surface area contributed by atoms with E-state index in [0.29, 0.717) is 10.6 Å². The fourth-order valence-corrected chi connectivity index (χ4v) is 4.67. The number of piperidine rings is 1. The first kappa shape index (κ1) is 20.0. The molecule has 0 aliphatic carbocycles. The second-order valence-electron chi connectivity index (χ2n) is 8.06. The van der Waals surface area contributed by atoms with Crippen molar-refractivity contribution in [2.45, 2.75) is 19.3 Å². The Hall–Kier alpha value is -2.93. The number of nitrogens with zero attached hydrogens (tertiary/aromatic N) is 6. The summed E-state index contributed by atoms with van der Waals surface area (Å²) in [5.74, 6) is 0.812. The van der Waals surface area contributed by atoms with Crippen molar-refractivity contribution in [3.05, 3.63) is 53.4 Å². The summed E-state index contributed by atoms with van der Waals surface area (Å²) in [6.45, 7) is 4.72. The summed E-state index contributed by atoms with van der Waals surface area (Å²) in [6, 6.07) is 7.52. The van der Waals surface area contributed by atoms with Gasteiger partial charge in [-0.1, -0.05) is 11.6 Å². The zero-order valence-corrected chi connectivity index (χ0v) is 18.1. The normalized spacial score (nSPS) is 17.3. The van der Waals surface area contributed by atoms with E-state index in [1.54, 1.807) is 18.6 Å². The topological polar surface area (TPSA) is 65.5 Å². The van der Waals surface area contributed by atoms with E-state index in [-0.39, 0.29) is 5.91 Å². The fraction of sp³-hybridized carbons (Fsp3) is 0.391. The minimum atomic E-state index is 0.0675. The molecule has 0 atom stereocenters. The number of piperazine rings is 1. The van der Waals surface area contributed by atoms with Crippen molar-refractivity contribution in [3.8, 4) is 0 Å². The van der Waals surface area contributed by atoms with Crippen molar-refractivity contribution in [1.82, 2.24) is 19.9 Å². The van der Waals surface area contributed by atoms with E-state index in [4.69, 9.17) is 11.6 Å². The van der Waals surface area contributed by atoms with Gasteiger partial charge in [-0.25, -0.2) is 9.97 Å². The van der Waals surface area contributed by atoms with Crippen LogP contribution < -0.4 is 9.80 Å². The Kier molecular flexibility index (Phi) is 5.59. The largest absolute Gasteiger partial charge is 0.367 e. The summed E-state index contributed by atoms with van der Waals surface area (Å²) in [7, 11) is 0. The van der Waals surface area contributed by atoms with Gasteiger partial charge in [-0.2, -0.15) is 0 Å². The van der Waals surface area contributed by atoms with Gasteiger partial charge in [0.2, 0.25) is 5.95 Å². The van der Waals surface area contributed by atoms with Gasteiger partial charge in [0.25, 0.3) is 5.91 Å². The molecule has 31 heavy (non-hydrogen) atoms. The molecule has 7 nitrogen and oxygen atoms in total. The number of fused-ring (bicyclic) bond motifs is 1. The average Bonchev–Trinajstić information content (AvgIpc) is 2.84. The standard InChI is InChI=1S/C23H25ClN6O/c24-17-5-6-20-18(15-17)21(19(16-27-20)22(31)29-9-2-1-3-10-29)28-11-13-30(14-12-28)23-25-7-4-8-26-23/h4-8,15-16H,1-3,9-14H2. The number of carbonyl (C=O) groups is 1. The maximum Gasteiger partial charge on any atom is 0.257 e. The van der Waals surface area contributed by atoms with E-state index < -0.39 is 0 Å². The average molecular weight is 437 g/mol. The van der Waals surface area contributed by atoms with Crippen LogP contribution in [-0.2, 0) is 0 Å². The molecule has 4 heterocycles. The van der Waals surface area contributed by atoms with Gasteiger partial charge in [0.1, 0.15) is 0 Å². The minimum Gasteiger partial charge on any atom is -0.367 e. The monoisotopic (exact) mass is 436 g/mol. The molecule has 2 saturated heterocycles. The second kappa shape index (κ2) is 8.67. The summed E-state index contributed by atoms with van der Waals surface area (Å²) in [6.07, 6.45) is 8.58. The van der Waals surface area contributed by atoms with Crippen molar-refractivity contribution in [2.24, 2.45) is 0 Å². The number of rotatable bonds is 3. The number of hydrogen-bond donors (Lipinski definition) is 0.